The molecular weight excluding hydrogens is 324 g/mol. The highest BCUT2D eigenvalue weighted by molar-refractivity contribution is 9.10. The van der Waals surface area contributed by atoms with Crippen molar-refractivity contribution in [3.63, 3.8) is 0 Å². The summed E-state index contributed by atoms with van der Waals surface area (Å²) in [6, 6.07) is 7.58. The fraction of sp³-hybridized carbons (Fsp3) is 0.667. The fourth-order valence-corrected chi connectivity index (χ4v) is 4.49. The first-order valence-electron chi connectivity index (χ1n) is 8.55. The Morgan fingerprint density at radius 2 is 2.00 bits per heavy atom. The molecular formula is C18H27BrN2. The average Bonchev–Trinajstić information content (AvgIpc) is 2.53. The van der Waals surface area contributed by atoms with E-state index in [0.29, 0.717) is 0 Å². The smallest absolute Gasteiger partial charge is 0.0425 e. The van der Waals surface area contributed by atoms with Gasteiger partial charge in [0, 0.05) is 29.3 Å². The molecule has 2 fully saturated rings. The van der Waals surface area contributed by atoms with E-state index in [1.165, 1.54) is 60.8 Å². The molecule has 3 heteroatoms. The van der Waals surface area contributed by atoms with Gasteiger partial charge in [-0.25, -0.2) is 0 Å². The van der Waals surface area contributed by atoms with E-state index in [1.807, 2.05) is 0 Å². The van der Waals surface area contributed by atoms with Crippen LogP contribution in [0.1, 0.15) is 51.0 Å². The standard InChI is InChI=1S/C18H27BrN2/c1-2-20-13-15-9-10-16(19)12-18(15)21-11-5-7-14-6-3-4-8-17(14)21/h9-10,12,14,17,20H,2-8,11,13H2,1H3. The van der Waals surface area contributed by atoms with Gasteiger partial charge in [0.1, 0.15) is 0 Å². The molecule has 1 N–H and O–H groups in total. The zero-order chi connectivity index (χ0) is 14.7. The lowest BCUT2D eigenvalue weighted by Gasteiger charge is -2.46. The zero-order valence-electron chi connectivity index (χ0n) is 13.1. The number of anilines is 1. The topological polar surface area (TPSA) is 15.3 Å². The second-order valence-corrected chi connectivity index (χ2v) is 7.42. The molecule has 2 unspecified atom stereocenters. The zero-order valence-corrected chi connectivity index (χ0v) is 14.7. The molecule has 1 aliphatic carbocycles. The maximum atomic E-state index is 3.67. The average molecular weight is 351 g/mol. The van der Waals surface area contributed by atoms with E-state index in [-0.39, 0.29) is 0 Å². The SMILES string of the molecule is CCNCc1ccc(Br)cc1N1CCCC2CCCCC21. The van der Waals surface area contributed by atoms with E-state index in [0.717, 1.165) is 25.0 Å². The number of hydrogen-bond acceptors (Lipinski definition) is 2. The number of nitrogens with one attached hydrogen (secondary N) is 1. The fourth-order valence-electron chi connectivity index (χ4n) is 4.14. The lowest BCUT2D eigenvalue weighted by molar-refractivity contribution is 0.243. The summed E-state index contributed by atoms with van der Waals surface area (Å²) in [7, 11) is 0. The Bertz CT molecular complexity index is 472. The number of benzene rings is 1. The Hall–Kier alpha value is -0.540. The Balaban J connectivity index is 1.88. The second-order valence-electron chi connectivity index (χ2n) is 6.50. The molecule has 1 aliphatic heterocycles. The van der Waals surface area contributed by atoms with Crippen LogP contribution in [0.15, 0.2) is 22.7 Å². The maximum Gasteiger partial charge on any atom is 0.0425 e. The van der Waals surface area contributed by atoms with Crippen molar-refractivity contribution in [2.45, 2.75) is 58.0 Å². The number of fused-ring (bicyclic) bond motifs is 1. The van der Waals surface area contributed by atoms with Crippen molar-refractivity contribution in [2.24, 2.45) is 5.92 Å². The first kappa shape index (κ1) is 15.4. The van der Waals surface area contributed by atoms with Crippen LogP contribution >= 0.6 is 15.9 Å². The third-order valence-corrected chi connectivity index (χ3v) is 5.66. The summed E-state index contributed by atoms with van der Waals surface area (Å²) in [5, 5.41) is 3.49. The highest BCUT2D eigenvalue weighted by Crippen LogP contribution is 2.39. The summed E-state index contributed by atoms with van der Waals surface area (Å²) < 4.78 is 1.20. The summed E-state index contributed by atoms with van der Waals surface area (Å²) in [6.45, 7) is 5.42. The molecule has 116 valence electrons. The van der Waals surface area contributed by atoms with Crippen molar-refractivity contribution in [3.8, 4) is 0 Å². The largest absolute Gasteiger partial charge is 0.368 e. The predicted octanol–water partition coefficient (Wildman–Crippen LogP) is 4.72. The van der Waals surface area contributed by atoms with Gasteiger partial charge < -0.3 is 10.2 Å². The van der Waals surface area contributed by atoms with Crippen molar-refractivity contribution in [1.82, 2.24) is 5.32 Å². The first-order valence-corrected chi connectivity index (χ1v) is 9.34. The third kappa shape index (κ3) is 3.45. The van der Waals surface area contributed by atoms with Gasteiger partial charge in [0.15, 0.2) is 0 Å². The second kappa shape index (κ2) is 7.15. The molecule has 0 aromatic heterocycles. The Kier molecular flexibility index (Phi) is 5.23. The number of hydrogen-bond donors (Lipinski definition) is 1. The van der Waals surface area contributed by atoms with Crippen molar-refractivity contribution in [2.75, 3.05) is 18.0 Å². The van der Waals surface area contributed by atoms with Crippen LogP contribution in [0.25, 0.3) is 0 Å². The van der Waals surface area contributed by atoms with E-state index in [2.05, 4.69) is 51.3 Å². The molecule has 1 aromatic rings. The van der Waals surface area contributed by atoms with E-state index in [1.54, 1.807) is 0 Å². The van der Waals surface area contributed by atoms with Crippen LogP contribution < -0.4 is 10.2 Å². The summed E-state index contributed by atoms with van der Waals surface area (Å²) in [5.41, 5.74) is 2.91. The van der Waals surface area contributed by atoms with Gasteiger partial charge in [-0.1, -0.05) is 41.8 Å². The first-order chi connectivity index (χ1) is 10.3. The van der Waals surface area contributed by atoms with Crippen molar-refractivity contribution >= 4 is 21.6 Å². The summed E-state index contributed by atoms with van der Waals surface area (Å²) in [6.07, 6.45) is 8.48. The van der Waals surface area contributed by atoms with Crippen LogP contribution in [-0.4, -0.2) is 19.1 Å². The van der Waals surface area contributed by atoms with Crippen molar-refractivity contribution in [3.05, 3.63) is 28.2 Å². The quantitative estimate of drug-likeness (QED) is 0.845. The number of piperidine rings is 1. The highest BCUT2D eigenvalue weighted by Gasteiger charge is 2.34. The molecule has 0 bridgehead atoms. The Morgan fingerprint density at radius 3 is 2.86 bits per heavy atom. The molecule has 2 nitrogen and oxygen atoms in total. The number of halogens is 1. The maximum absolute atomic E-state index is 3.67. The van der Waals surface area contributed by atoms with E-state index < -0.39 is 0 Å². The minimum atomic E-state index is 0.780. The van der Waals surface area contributed by atoms with Gasteiger partial charge in [-0.2, -0.15) is 0 Å². The lowest BCUT2D eigenvalue weighted by Crippen LogP contribution is -2.47. The van der Waals surface area contributed by atoms with Crippen LogP contribution in [0, 0.1) is 5.92 Å². The molecule has 2 aliphatic rings. The van der Waals surface area contributed by atoms with E-state index >= 15 is 0 Å². The third-order valence-electron chi connectivity index (χ3n) is 5.17. The predicted molar refractivity (Wildman–Crippen MR) is 93.8 cm³/mol. The van der Waals surface area contributed by atoms with E-state index in [4.69, 9.17) is 0 Å². The number of rotatable bonds is 4. The Labute approximate surface area is 137 Å². The number of nitrogens with zero attached hydrogens (tertiary/aromatic N) is 1. The van der Waals surface area contributed by atoms with Gasteiger partial charge in [-0.15, -0.1) is 0 Å². The summed E-state index contributed by atoms with van der Waals surface area (Å²) >= 11 is 3.67. The monoisotopic (exact) mass is 350 g/mol. The minimum Gasteiger partial charge on any atom is -0.368 e. The lowest BCUT2D eigenvalue weighted by atomic mass is 9.78. The van der Waals surface area contributed by atoms with Gasteiger partial charge in [0.05, 0.1) is 0 Å². The Morgan fingerprint density at radius 1 is 1.19 bits per heavy atom. The molecule has 3 rings (SSSR count). The summed E-state index contributed by atoms with van der Waals surface area (Å²) in [5.74, 6) is 0.929. The molecule has 0 radical (unpaired) electrons. The molecule has 1 aromatic carbocycles. The molecule has 1 heterocycles. The normalized spacial score (nSPS) is 25.7. The molecule has 0 spiro atoms. The van der Waals surface area contributed by atoms with Gasteiger partial charge in [0.25, 0.3) is 0 Å². The van der Waals surface area contributed by atoms with E-state index in [9.17, 15) is 0 Å². The van der Waals surface area contributed by atoms with Crippen molar-refractivity contribution < 1.29 is 0 Å². The molecule has 0 amide bonds. The highest BCUT2D eigenvalue weighted by atomic mass is 79.9. The van der Waals surface area contributed by atoms with Crippen LogP contribution in [0.5, 0.6) is 0 Å². The van der Waals surface area contributed by atoms with Crippen molar-refractivity contribution in [1.29, 1.82) is 0 Å². The van der Waals surface area contributed by atoms with Crippen LogP contribution in [0.3, 0.4) is 0 Å². The molecule has 1 saturated heterocycles. The van der Waals surface area contributed by atoms with Gasteiger partial charge >= 0.3 is 0 Å². The summed E-state index contributed by atoms with van der Waals surface area (Å²) in [4.78, 5) is 2.73. The molecule has 21 heavy (non-hydrogen) atoms. The molecule has 2 atom stereocenters. The van der Waals surface area contributed by atoms with Crippen LogP contribution in [-0.2, 0) is 6.54 Å². The molecule has 1 saturated carbocycles. The minimum absolute atomic E-state index is 0.780. The van der Waals surface area contributed by atoms with Crippen LogP contribution in [0.4, 0.5) is 5.69 Å². The van der Waals surface area contributed by atoms with Gasteiger partial charge in [-0.3, -0.25) is 0 Å². The van der Waals surface area contributed by atoms with Gasteiger partial charge in [0.2, 0.25) is 0 Å². The van der Waals surface area contributed by atoms with Crippen LogP contribution in [0.2, 0.25) is 0 Å². The van der Waals surface area contributed by atoms with Gasteiger partial charge in [-0.05, 0) is 55.8 Å².